The van der Waals surface area contributed by atoms with E-state index >= 15 is 0 Å². The second-order valence-corrected chi connectivity index (χ2v) is 4.46. The van der Waals surface area contributed by atoms with Crippen molar-refractivity contribution in [1.29, 1.82) is 0 Å². The van der Waals surface area contributed by atoms with Gasteiger partial charge in [-0.1, -0.05) is 6.07 Å². The maximum atomic E-state index is 4.15. The number of nitrogens with zero attached hydrogens (tertiary/aromatic N) is 5. The van der Waals surface area contributed by atoms with Gasteiger partial charge < -0.3 is 5.32 Å². The predicted octanol–water partition coefficient (Wildman–Crippen LogP) is 1.98. The summed E-state index contributed by atoms with van der Waals surface area (Å²) in [5, 5.41) is 14.5. The minimum Gasteiger partial charge on any atom is -0.381 e. The number of benzene rings is 1. The lowest BCUT2D eigenvalue weighted by Crippen LogP contribution is -2.03. The van der Waals surface area contributed by atoms with Gasteiger partial charge in [-0.05, 0) is 52.7 Å². The van der Waals surface area contributed by atoms with Crippen molar-refractivity contribution in [2.75, 3.05) is 5.32 Å². The van der Waals surface area contributed by atoms with Crippen LogP contribution in [0.15, 0.2) is 49.1 Å². The van der Waals surface area contributed by atoms with Gasteiger partial charge in [0.05, 0.1) is 5.69 Å². The zero-order valence-corrected chi connectivity index (χ0v) is 11.1. The van der Waals surface area contributed by atoms with Gasteiger partial charge in [-0.2, -0.15) is 0 Å². The molecular weight excluding hydrogens is 252 g/mol. The Bertz CT molecular complexity index is 692. The van der Waals surface area contributed by atoms with Crippen LogP contribution in [0.25, 0.3) is 5.69 Å². The largest absolute Gasteiger partial charge is 0.381 e. The first-order valence-electron chi connectivity index (χ1n) is 6.30. The van der Waals surface area contributed by atoms with Gasteiger partial charge in [0.15, 0.2) is 0 Å². The van der Waals surface area contributed by atoms with Gasteiger partial charge in [0.1, 0.15) is 6.33 Å². The molecule has 6 heteroatoms. The standard InChI is InChI=1S/C14H14N6/c1-11-5-6-15-8-12(11)9-16-13-3-2-4-14(7-13)20-10-17-18-19-20/h2-8,10,16H,9H2,1H3. The minimum absolute atomic E-state index is 0.735. The molecule has 0 spiro atoms. The third-order valence-corrected chi connectivity index (χ3v) is 3.09. The van der Waals surface area contributed by atoms with Crippen molar-refractivity contribution in [3.63, 3.8) is 0 Å². The highest BCUT2D eigenvalue weighted by molar-refractivity contribution is 5.51. The van der Waals surface area contributed by atoms with E-state index in [0.29, 0.717) is 0 Å². The molecule has 6 nitrogen and oxygen atoms in total. The third-order valence-electron chi connectivity index (χ3n) is 3.09. The lowest BCUT2D eigenvalue weighted by Gasteiger charge is -2.09. The Kier molecular flexibility index (Phi) is 3.36. The van der Waals surface area contributed by atoms with Crippen molar-refractivity contribution in [2.24, 2.45) is 0 Å². The maximum Gasteiger partial charge on any atom is 0.143 e. The average Bonchev–Trinajstić information content (AvgIpc) is 3.01. The van der Waals surface area contributed by atoms with Gasteiger partial charge in [-0.25, -0.2) is 4.68 Å². The third kappa shape index (κ3) is 2.64. The quantitative estimate of drug-likeness (QED) is 0.782. The second-order valence-electron chi connectivity index (χ2n) is 4.46. The lowest BCUT2D eigenvalue weighted by molar-refractivity contribution is 0.789. The number of anilines is 1. The Morgan fingerprint density at radius 1 is 1.25 bits per heavy atom. The van der Waals surface area contributed by atoms with Gasteiger partial charge in [0.2, 0.25) is 0 Å². The van der Waals surface area contributed by atoms with Crippen LogP contribution in [0.2, 0.25) is 0 Å². The molecule has 1 aromatic carbocycles. The van der Waals surface area contributed by atoms with E-state index in [9.17, 15) is 0 Å². The van der Waals surface area contributed by atoms with Crippen LogP contribution < -0.4 is 5.32 Å². The molecule has 0 aliphatic heterocycles. The summed E-state index contributed by atoms with van der Waals surface area (Å²) in [4.78, 5) is 4.15. The van der Waals surface area contributed by atoms with Crippen LogP contribution in [0.1, 0.15) is 11.1 Å². The van der Waals surface area contributed by atoms with Crippen molar-refractivity contribution >= 4 is 5.69 Å². The number of aryl methyl sites for hydroxylation is 1. The van der Waals surface area contributed by atoms with E-state index in [-0.39, 0.29) is 0 Å². The number of rotatable bonds is 4. The summed E-state index contributed by atoms with van der Waals surface area (Å²) in [5.41, 5.74) is 4.34. The molecule has 1 N–H and O–H groups in total. The molecule has 0 aliphatic carbocycles. The summed E-state index contributed by atoms with van der Waals surface area (Å²) in [7, 11) is 0. The van der Waals surface area contributed by atoms with Gasteiger partial charge in [0.25, 0.3) is 0 Å². The Morgan fingerprint density at radius 2 is 2.20 bits per heavy atom. The summed E-state index contributed by atoms with van der Waals surface area (Å²) in [6, 6.07) is 9.95. The SMILES string of the molecule is Cc1ccncc1CNc1cccc(-n2cnnn2)c1. The molecule has 100 valence electrons. The summed E-state index contributed by atoms with van der Waals surface area (Å²) in [6.07, 6.45) is 5.26. The fourth-order valence-corrected chi connectivity index (χ4v) is 1.92. The Balaban J connectivity index is 1.75. The van der Waals surface area contributed by atoms with Gasteiger partial charge in [-0.15, -0.1) is 5.10 Å². The summed E-state index contributed by atoms with van der Waals surface area (Å²) >= 11 is 0. The van der Waals surface area contributed by atoms with Crippen molar-refractivity contribution in [3.8, 4) is 5.69 Å². The van der Waals surface area contributed by atoms with Crippen molar-refractivity contribution in [3.05, 3.63) is 60.2 Å². The Hall–Kier alpha value is -2.76. The number of nitrogens with one attached hydrogen (secondary N) is 1. The van der Waals surface area contributed by atoms with Crippen molar-refractivity contribution in [2.45, 2.75) is 13.5 Å². The minimum atomic E-state index is 0.735. The number of tetrazole rings is 1. The van der Waals surface area contributed by atoms with Crippen LogP contribution in [-0.4, -0.2) is 25.2 Å². The molecule has 0 saturated carbocycles. The van der Waals surface area contributed by atoms with E-state index in [1.54, 1.807) is 17.2 Å². The van der Waals surface area contributed by atoms with Crippen molar-refractivity contribution < 1.29 is 0 Å². The topological polar surface area (TPSA) is 68.5 Å². The number of aromatic nitrogens is 5. The van der Waals surface area contributed by atoms with E-state index in [2.05, 4.69) is 32.7 Å². The predicted molar refractivity (Wildman–Crippen MR) is 75.5 cm³/mol. The molecule has 0 atom stereocenters. The first-order valence-corrected chi connectivity index (χ1v) is 6.30. The van der Waals surface area contributed by atoms with Crippen LogP contribution in [0, 0.1) is 6.92 Å². The smallest absolute Gasteiger partial charge is 0.143 e. The number of pyridine rings is 1. The van der Waals surface area contributed by atoms with Crippen LogP contribution >= 0.6 is 0 Å². The molecule has 0 bridgehead atoms. The van der Waals surface area contributed by atoms with Crippen LogP contribution in [0.4, 0.5) is 5.69 Å². The zero-order chi connectivity index (χ0) is 13.8. The second kappa shape index (κ2) is 5.48. The van der Waals surface area contributed by atoms with Crippen LogP contribution in [0.3, 0.4) is 0 Å². The first-order chi connectivity index (χ1) is 9.83. The average molecular weight is 266 g/mol. The normalized spacial score (nSPS) is 10.4. The molecule has 0 unspecified atom stereocenters. The van der Waals surface area contributed by atoms with E-state index in [1.807, 2.05) is 36.5 Å². The van der Waals surface area contributed by atoms with E-state index in [4.69, 9.17) is 0 Å². The van der Waals surface area contributed by atoms with Gasteiger partial charge >= 0.3 is 0 Å². The fourth-order valence-electron chi connectivity index (χ4n) is 1.92. The summed E-state index contributed by atoms with van der Waals surface area (Å²) in [6.45, 7) is 2.81. The molecule has 0 saturated heterocycles. The highest BCUT2D eigenvalue weighted by Gasteiger charge is 2.01. The molecule has 0 fully saturated rings. The summed E-state index contributed by atoms with van der Waals surface area (Å²) in [5.74, 6) is 0. The molecule has 2 aromatic heterocycles. The van der Waals surface area contributed by atoms with E-state index in [1.165, 1.54) is 11.1 Å². The molecule has 2 heterocycles. The molecule has 3 aromatic rings. The molecule has 20 heavy (non-hydrogen) atoms. The molecule has 0 radical (unpaired) electrons. The first kappa shape index (κ1) is 12.3. The van der Waals surface area contributed by atoms with Crippen molar-refractivity contribution in [1.82, 2.24) is 25.2 Å². The highest BCUT2D eigenvalue weighted by Crippen LogP contribution is 2.15. The maximum absolute atomic E-state index is 4.15. The van der Waals surface area contributed by atoms with Crippen LogP contribution in [-0.2, 0) is 6.54 Å². The fraction of sp³-hybridized carbons (Fsp3) is 0.143. The Labute approximate surface area is 116 Å². The van der Waals surface area contributed by atoms with E-state index in [0.717, 1.165) is 17.9 Å². The number of hydrogen-bond donors (Lipinski definition) is 1. The summed E-state index contributed by atoms with van der Waals surface area (Å²) < 4.78 is 1.63. The molecule has 3 rings (SSSR count). The zero-order valence-electron chi connectivity index (χ0n) is 11.1. The highest BCUT2D eigenvalue weighted by atomic mass is 15.5. The molecule has 0 amide bonds. The monoisotopic (exact) mass is 266 g/mol. The molecular formula is C14H14N6. The van der Waals surface area contributed by atoms with Crippen LogP contribution in [0.5, 0.6) is 0 Å². The molecule has 0 aliphatic rings. The van der Waals surface area contributed by atoms with Gasteiger partial charge in [0, 0.05) is 24.6 Å². The Morgan fingerprint density at radius 3 is 3.00 bits per heavy atom. The van der Waals surface area contributed by atoms with Gasteiger partial charge in [-0.3, -0.25) is 4.98 Å². The lowest BCUT2D eigenvalue weighted by atomic mass is 10.1. The van der Waals surface area contributed by atoms with E-state index < -0.39 is 0 Å². The number of hydrogen-bond acceptors (Lipinski definition) is 5.